The molecule has 0 aliphatic heterocycles. The van der Waals surface area contributed by atoms with Gasteiger partial charge in [0, 0.05) is 7.05 Å². The summed E-state index contributed by atoms with van der Waals surface area (Å²) in [5, 5.41) is 5.95. The van der Waals surface area contributed by atoms with E-state index in [2.05, 4.69) is 10.4 Å². The van der Waals surface area contributed by atoms with Crippen LogP contribution in [0.25, 0.3) is 0 Å². The Morgan fingerprint density at radius 1 is 1.56 bits per heavy atom. The predicted molar refractivity (Wildman–Crippen MR) is 67.8 cm³/mol. The number of esters is 1. The van der Waals surface area contributed by atoms with E-state index < -0.39 is 17.3 Å². The molecule has 1 unspecified atom stereocenters. The summed E-state index contributed by atoms with van der Waals surface area (Å²) in [7, 11) is 1.63. The lowest BCUT2D eigenvalue weighted by atomic mass is 10.2. The molecular weight excluding hydrogens is 258 g/mol. The number of aryl methyl sites for hydroxylation is 2. The third-order valence-electron chi connectivity index (χ3n) is 2.30. The topological polar surface area (TPSA) is 73.2 Å². The summed E-state index contributed by atoms with van der Waals surface area (Å²) in [4.78, 5) is 23.4. The lowest BCUT2D eigenvalue weighted by molar-refractivity contribution is -0.115. The highest BCUT2D eigenvalue weighted by Gasteiger charge is 2.23. The highest BCUT2D eigenvalue weighted by atomic mass is 35.5. The van der Waals surface area contributed by atoms with Crippen molar-refractivity contribution in [2.24, 2.45) is 7.05 Å². The minimum atomic E-state index is -0.699. The van der Waals surface area contributed by atoms with E-state index in [0.717, 1.165) is 0 Å². The molecule has 1 rings (SSSR count). The van der Waals surface area contributed by atoms with Gasteiger partial charge in [-0.05, 0) is 20.8 Å². The van der Waals surface area contributed by atoms with Crippen molar-refractivity contribution in [3.8, 4) is 0 Å². The largest absolute Gasteiger partial charge is 0.462 e. The maximum Gasteiger partial charge on any atom is 0.343 e. The number of carbonyl (C=O) groups is 2. The summed E-state index contributed by atoms with van der Waals surface area (Å²) in [5.74, 6) is -0.616. The second kappa shape index (κ2) is 5.86. The predicted octanol–water partition coefficient (Wildman–Crippen LogP) is 1.47. The van der Waals surface area contributed by atoms with Crippen LogP contribution in [-0.2, 0) is 16.6 Å². The molecule has 0 radical (unpaired) electrons. The molecule has 0 spiro atoms. The molecule has 1 aromatic rings. The third kappa shape index (κ3) is 3.01. The van der Waals surface area contributed by atoms with Crippen molar-refractivity contribution in [3.05, 3.63) is 11.3 Å². The van der Waals surface area contributed by atoms with E-state index in [4.69, 9.17) is 16.3 Å². The number of hydrogen-bond donors (Lipinski definition) is 1. The summed E-state index contributed by atoms with van der Waals surface area (Å²) in [6.07, 6.45) is 0. The van der Waals surface area contributed by atoms with Crippen LogP contribution in [0.15, 0.2) is 0 Å². The van der Waals surface area contributed by atoms with Gasteiger partial charge in [0.1, 0.15) is 16.8 Å². The minimum absolute atomic E-state index is 0.255. The van der Waals surface area contributed by atoms with Crippen LogP contribution in [0.4, 0.5) is 5.82 Å². The molecule has 1 amide bonds. The highest BCUT2D eigenvalue weighted by Crippen LogP contribution is 2.20. The zero-order valence-corrected chi connectivity index (χ0v) is 11.5. The van der Waals surface area contributed by atoms with E-state index in [-0.39, 0.29) is 12.2 Å². The fourth-order valence-corrected chi connectivity index (χ4v) is 1.52. The fraction of sp³-hybridized carbons (Fsp3) is 0.545. The molecule has 0 aliphatic carbocycles. The van der Waals surface area contributed by atoms with Crippen LogP contribution in [0.2, 0.25) is 0 Å². The third-order valence-corrected chi connectivity index (χ3v) is 2.50. The first-order valence-electron chi connectivity index (χ1n) is 5.54. The molecule has 100 valence electrons. The maximum atomic E-state index is 11.8. The number of amides is 1. The molecule has 0 fully saturated rings. The normalized spacial score (nSPS) is 12.1. The van der Waals surface area contributed by atoms with E-state index in [1.54, 1.807) is 27.8 Å². The summed E-state index contributed by atoms with van der Waals surface area (Å²) >= 11 is 5.67. The van der Waals surface area contributed by atoms with Crippen molar-refractivity contribution in [2.45, 2.75) is 26.1 Å². The lowest BCUT2D eigenvalue weighted by Gasteiger charge is -2.09. The van der Waals surface area contributed by atoms with Gasteiger partial charge < -0.3 is 10.1 Å². The van der Waals surface area contributed by atoms with Crippen molar-refractivity contribution in [3.63, 3.8) is 0 Å². The molecule has 1 N–H and O–H groups in total. The molecule has 7 heteroatoms. The van der Waals surface area contributed by atoms with Gasteiger partial charge in [-0.2, -0.15) is 5.10 Å². The Kier molecular flexibility index (Phi) is 4.72. The Balaban J connectivity index is 3.10. The number of hydrogen-bond acceptors (Lipinski definition) is 4. The van der Waals surface area contributed by atoms with Crippen LogP contribution < -0.4 is 5.32 Å². The zero-order valence-electron chi connectivity index (χ0n) is 10.8. The second-order valence-electron chi connectivity index (χ2n) is 3.76. The Bertz CT molecular complexity index is 468. The van der Waals surface area contributed by atoms with Crippen LogP contribution in [0, 0.1) is 6.92 Å². The molecule has 0 saturated heterocycles. The lowest BCUT2D eigenvalue weighted by Crippen LogP contribution is -2.23. The second-order valence-corrected chi connectivity index (χ2v) is 4.41. The van der Waals surface area contributed by atoms with Crippen molar-refractivity contribution in [2.75, 3.05) is 11.9 Å². The number of rotatable bonds is 4. The van der Waals surface area contributed by atoms with Crippen LogP contribution in [-0.4, -0.2) is 33.6 Å². The molecule has 1 aromatic heterocycles. The summed E-state index contributed by atoms with van der Waals surface area (Å²) in [5.41, 5.74) is 0.749. The first-order valence-corrected chi connectivity index (χ1v) is 5.97. The first-order chi connectivity index (χ1) is 8.38. The Morgan fingerprint density at radius 2 is 2.17 bits per heavy atom. The Morgan fingerprint density at radius 3 is 2.67 bits per heavy atom. The Labute approximate surface area is 110 Å². The molecule has 0 saturated carbocycles. The smallest absolute Gasteiger partial charge is 0.343 e. The van der Waals surface area contributed by atoms with Crippen molar-refractivity contribution >= 4 is 29.3 Å². The van der Waals surface area contributed by atoms with Crippen LogP contribution in [0.5, 0.6) is 0 Å². The molecular formula is C11H16ClN3O3. The van der Waals surface area contributed by atoms with Gasteiger partial charge in [-0.3, -0.25) is 9.48 Å². The van der Waals surface area contributed by atoms with E-state index in [1.165, 1.54) is 4.68 Å². The quantitative estimate of drug-likeness (QED) is 0.666. The summed E-state index contributed by atoms with van der Waals surface area (Å²) < 4.78 is 6.34. The van der Waals surface area contributed by atoms with Crippen molar-refractivity contribution in [1.29, 1.82) is 0 Å². The van der Waals surface area contributed by atoms with Gasteiger partial charge in [0.05, 0.1) is 12.3 Å². The van der Waals surface area contributed by atoms with E-state index in [9.17, 15) is 9.59 Å². The molecule has 6 nitrogen and oxygen atoms in total. The van der Waals surface area contributed by atoms with Gasteiger partial charge >= 0.3 is 5.97 Å². The summed E-state index contributed by atoms with van der Waals surface area (Å²) in [6.45, 7) is 5.19. The van der Waals surface area contributed by atoms with Gasteiger partial charge in [0.2, 0.25) is 5.91 Å². The number of anilines is 1. The maximum absolute atomic E-state index is 11.8. The van der Waals surface area contributed by atoms with E-state index in [1.807, 2.05) is 0 Å². The number of aromatic nitrogens is 2. The molecule has 18 heavy (non-hydrogen) atoms. The van der Waals surface area contributed by atoms with Gasteiger partial charge in [0.25, 0.3) is 0 Å². The number of nitrogens with zero attached hydrogens (tertiary/aromatic N) is 2. The number of carbonyl (C=O) groups excluding carboxylic acids is 2. The molecule has 0 bridgehead atoms. The van der Waals surface area contributed by atoms with Crippen LogP contribution in [0.1, 0.15) is 29.9 Å². The van der Waals surface area contributed by atoms with E-state index in [0.29, 0.717) is 11.5 Å². The van der Waals surface area contributed by atoms with E-state index >= 15 is 0 Å². The monoisotopic (exact) mass is 273 g/mol. The molecule has 0 aliphatic rings. The highest BCUT2D eigenvalue weighted by molar-refractivity contribution is 6.32. The number of alkyl halides is 1. The molecule has 0 aromatic carbocycles. The number of halogens is 1. The Hall–Kier alpha value is -1.56. The van der Waals surface area contributed by atoms with Gasteiger partial charge in [-0.15, -0.1) is 11.6 Å². The van der Waals surface area contributed by atoms with Crippen molar-refractivity contribution < 1.29 is 14.3 Å². The van der Waals surface area contributed by atoms with Gasteiger partial charge in [-0.25, -0.2) is 4.79 Å². The first kappa shape index (κ1) is 14.5. The molecule has 1 heterocycles. The average Bonchev–Trinajstić information content (AvgIpc) is 2.54. The van der Waals surface area contributed by atoms with Gasteiger partial charge in [-0.1, -0.05) is 0 Å². The summed E-state index contributed by atoms with van der Waals surface area (Å²) in [6, 6.07) is 0. The SMILES string of the molecule is CCOC(=O)c1c(C)nn(C)c1NC(=O)C(C)Cl. The van der Waals surface area contributed by atoms with Crippen molar-refractivity contribution in [1.82, 2.24) is 9.78 Å². The van der Waals surface area contributed by atoms with Gasteiger partial charge in [0.15, 0.2) is 0 Å². The minimum Gasteiger partial charge on any atom is -0.462 e. The number of ether oxygens (including phenoxy) is 1. The average molecular weight is 274 g/mol. The standard InChI is InChI=1S/C11H16ClN3O3/c1-5-18-11(17)8-7(3)14-15(4)9(8)13-10(16)6(2)12/h6H,5H2,1-4H3,(H,13,16). The van der Waals surface area contributed by atoms with Crippen LogP contribution in [0.3, 0.4) is 0 Å². The molecule has 1 atom stereocenters. The number of nitrogens with one attached hydrogen (secondary N) is 1. The van der Waals surface area contributed by atoms with Crippen LogP contribution >= 0.6 is 11.6 Å². The fourth-order valence-electron chi connectivity index (χ4n) is 1.47. The zero-order chi connectivity index (χ0) is 13.9.